The van der Waals surface area contributed by atoms with Crippen LogP contribution in [-0.2, 0) is 19.6 Å². The summed E-state index contributed by atoms with van der Waals surface area (Å²) in [7, 11) is 1.52. The minimum absolute atomic E-state index is 0.297. The summed E-state index contributed by atoms with van der Waals surface area (Å²) in [6.07, 6.45) is -3.17. The minimum atomic E-state index is -4.34. The quantitative estimate of drug-likeness (QED) is 0.699. The van der Waals surface area contributed by atoms with Crippen LogP contribution in [0, 0.1) is 0 Å². The predicted molar refractivity (Wildman–Crippen MR) is 45.0 cm³/mol. The zero-order chi connectivity index (χ0) is 10.3. The lowest BCUT2D eigenvalue weighted by Crippen LogP contribution is -2.15. The molecule has 2 heterocycles. The Morgan fingerprint density at radius 2 is 2.14 bits per heavy atom. The van der Waals surface area contributed by atoms with Crippen LogP contribution in [-0.4, -0.2) is 16.3 Å². The molecule has 6 heteroatoms. The molecule has 0 spiro atoms. The van der Waals surface area contributed by atoms with Crippen molar-refractivity contribution in [2.24, 2.45) is 7.05 Å². The molecule has 14 heavy (non-hydrogen) atoms. The van der Waals surface area contributed by atoms with E-state index in [-0.39, 0.29) is 0 Å². The summed E-state index contributed by atoms with van der Waals surface area (Å²) in [5.74, 6) is 0.503. The molecule has 0 aromatic carbocycles. The molecule has 1 aromatic rings. The lowest BCUT2D eigenvalue weighted by molar-refractivity contribution is -0.142. The van der Waals surface area contributed by atoms with Crippen LogP contribution in [0.5, 0.6) is 0 Å². The first kappa shape index (κ1) is 9.36. The van der Waals surface area contributed by atoms with Gasteiger partial charge in [-0.2, -0.15) is 18.3 Å². The Morgan fingerprint density at radius 3 is 2.79 bits per heavy atom. The van der Waals surface area contributed by atoms with E-state index < -0.39 is 11.9 Å². The SMILES string of the molecule is Cn1nc(C(F)(F)F)c2c1NCCC2. The largest absolute Gasteiger partial charge is 0.435 e. The number of anilines is 1. The number of hydrogen-bond donors (Lipinski definition) is 1. The van der Waals surface area contributed by atoms with Gasteiger partial charge in [0, 0.05) is 19.2 Å². The molecule has 0 saturated carbocycles. The van der Waals surface area contributed by atoms with Crippen molar-refractivity contribution in [3.05, 3.63) is 11.3 Å². The molecule has 3 nitrogen and oxygen atoms in total. The molecule has 78 valence electrons. The molecule has 1 aliphatic rings. The topological polar surface area (TPSA) is 29.9 Å². The maximum atomic E-state index is 12.5. The molecule has 1 aromatic heterocycles. The number of aryl methyl sites for hydroxylation is 1. The molecule has 2 rings (SSSR count). The Morgan fingerprint density at radius 1 is 1.43 bits per heavy atom. The van der Waals surface area contributed by atoms with Gasteiger partial charge in [0.2, 0.25) is 0 Å². The fourth-order valence-corrected chi connectivity index (χ4v) is 1.73. The van der Waals surface area contributed by atoms with Crippen LogP contribution >= 0.6 is 0 Å². The van der Waals surface area contributed by atoms with Crippen molar-refractivity contribution < 1.29 is 13.2 Å². The lowest BCUT2D eigenvalue weighted by Gasteiger charge is -2.15. The first-order valence-corrected chi connectivity index (χ1v) is 4.37. The molecule has 0 saturated heterocycles. The third kappa shape index (κ3) is 1.34. The molecule has 0 radical (unpaired) electrons. The standard InChI is InChI=1S/C8H10F3N3/c1-14-7-5(3-2-4-12-7)6(13-14)8(9,10)11/h12H,2-4H2,1H3. The van der Waals surface area contributed by atoms with Gasteiger partial charge >= 0.3 is 6.18 Å². The van der Waals surface area contributed by atoms with Gasteiger partial charge in [0.25, 0.3) is 0 Å². The van der Waals surface area contributed by atoms with E-state index in [0.717, 1.165) is 6.42 Å². The van der Waals surface area contributed by atoms with E-state index in [1.807, 2.05) is 0 Å². The predicted octanol–water partition coefficient (Wildman–Crippen LogP) is 1.80. The fraction of sp³-hybridized carbons (Fsp3) is 0.625. The van der Waals surface area contributed by atoms with Crippen LogP contribution < -0.4 is 5.32 Å². The molecule has 0 fully saturated rings. The normalized spacial score (nSPS) is 16.3. The molecule has 0 atom stereocenters. The number of fused-ring (bicyclic) bond motifs is 1. The van der Waals surface area contributed by atoms with Crippen molar-refractivity contribution >= 4 is 5.82 Å². The number of halogens is 3. The van der Waals surface area contributed by atoms with Gasteiger partial charge in [-0.15, -0.1) is 0 Å². The second-order valence-corrected chi connectivity index (χ2v) is 3.33. The summed E-state index contributed by atoms with van der Waals surface area (Å²) in [5.41, 5.74) is -0.451. The second-order valence-electron chi connectivity index (χ2n) is 3.33. The Hall–Kier alpha value is -1.20. The van der Waals surface area contributed by atoms with Gasteiger partial charge < -0.3 is 5.32 Å². The highest BCUT2D eigenvalue weighted by Gasteiger charge is 2.39. The van der Waals surface area contributed by atoms with E-state index in [4.69, 9.17) is 0 Å². The fourth-order valence-electron chi connectivity index (χ4n) is 1.73. The summed E-state index contributed by atoms with van der Waals surface area (Å²) >= 11 is 0. The van der Waals surface area contributed by atoms with E-state index in [2.05, 4.69) is 10.4 Å². The van der Waals surface area contributed by atoms with Crippen molar-refractivity contribution in [2.75, 3.05) is 11.9 Å². The molecule has 0 unspecified atom stereocenters. The van der Waals surface area contributed by atoms with E-state index >= 15 is 0 Å². The Kier molecular flexibility index (Phi) is 1.94. The van der Waals surface area contributed by atoms with Gasteiger partial charge in [-0.3, -0.25) is 4.68 Å². The van der Waals surface area contributed by atoms with Crippen LogP contribution in [0.3, 0.4) is 0 Å². The Labute approximate surface area is 78.9 Å². The zero-order valence-corrected chi connectivity index (χ0v) is 7.65. The number of alkyl halides is 3. The highest BCUT2D eigenvalue weighted by atomic mass is 19.4. The number of nitrogens with one attached hydrogen (secondary N) is 1. The maximum Gasteiger partial charge on any atom is 0.435 e. The Balaban J connectivity index is 2.52. The van der Waals surface area contributed by atoms with Crippen molar-refractivity contribution in [1.82, 2.24) is 9.78 Å². The van der Waals surface area contributed by atoms with Crippen LogP contribution in [0.2, 0.25) is 0 Å². The number of nitrogens with zero attached hydrogens (tertiary/aromatic N) is 2. The molecule has 1 aliphatic heterocycles. The van der Waals surface area contributed by atoms with E-state index in [9.17, 15) is 13.2 Å². The van der Waals surface area contributed by atoms with Crippen molar-refractivity contribution in [3.63, 3.8) is 0 Å². The summed E-state index contributed by atoms with van der Waals surface area (Å²) < 4.78 is 38.7. The third-order valence-corrected chi connectivity index (χ3v) is 2.31. The number of hydrogen-bond acceptors (Lipinski definition) is 2. The first-order valence-electron chi connectivity index (χ1n) is 4.37. The van der Waals surface area contributed by atoms with Gasteiger partial charge in [0.1, 0.15) is 5.82 Å². The van der Waals surface area contributed by atoms with E-state index in [0.29, 0.717) is 24.3 Å². The van der Waals surface area contributed by atoms with Gasteiger partial charge in [-0.05, 0) is 12.8 Å². The molecule has 0 aliphatic carbocycles. The molecule has 1 N–H and O–H groups in total. The van der Waals surface area contributed by atoms with Gasteiger partial charge in [-0.1, -0.05) is 0 Å². The minimum Gasteiger partial charge on any atom is -0.370 e. The molecular weight excluding hydrogens is 195 g/mol. The average Bonchev–Trinajstić information content (AvgIpc) is 2.44. The van der Waals surface area contributed by atoms with Crippen LogP contribution in [0.25, 0.3) is 0 Å². The smallest absolute Gasteiger partial charge is 0.370 e. The van der Waals surface area contributed by atoms with Gasteiger partial charge in [0.15, 0.2) is 5.69 Å². The van der Waals surface area contributed by atoms with E-state index in [1.165, 1.54) is 11.7 Å². The van der Waals surface area contributed by atoms with Crippen LogP contribution in [0.15, 0.2) is 0 Å². The number of rotatable bonds is 0. The van der Waals surface area contributed by atoms with Crippen LogP contribution in [0.1, 0.15) is 17.7 Å². The summed E-state index contributed by atoms with van der Waals surface area (Å²) in [5, 5.41) is 6.42. The molecule has 0 bridgehead atoms. The van der Waals surface area contributed by atoms with Gasteiger partial charge in [-0.25, -0.2) is 0 Å². The third-order valence-electron chi connectivity index (χ3n) is 2.31. The van der Waals surface area contributed by atoms with Crippen molar-refractivity contribution in [3.8, 4) is 0 Å². The highest BCUT2D eigenvalue weighted by molar-refractivity contribution is 5.50. The van der Waals surface area contributed by atoms with Crippen molar-refractivity contribution in [1.29, 1.82) is 0 Å². The van der Waals surface area contributed by atoms with Crippen molar-refractivity contribution in [2.45, 2.75) is 19.0 Å². The van der Waals surface area contributed by atoms with Crippen LogP contribution in [0.4, 0.5) is 19.0 Å². The zero-order valence-electron chi connectivity index (χ0n) is 7.65. The van der Waals surface area contributed by atoms with E-state index in [1.54, 1.807) is 0 Å². The summed E-state index contributed by atoms with van der Waals surface area (Å²) in [6, 6.07) is 0. The highest BCUT2D eigenvalue weighted by Crippen LogP contribution is 2.36. The first-order chi connectivity index (χ1) is 6.50. The van der Waals surface area contributed by atoms with Gasteiger partial charge in [0.05, 0.1) is 0 Å². The average molecular weight is 205 g/mol. The monoisotopic (exact) mass is 205 g/mol. The Bertz CT molecular complexity index is 353. The summed E-state index contributed by atoms with van der Waals surface area (Å²) in [6.45, 7) is 0.712. The summed E-state index contributed by atoms with van der Waals surface area (Å²) in [4.78, 5) is 0. The lowest BCUT2D eigenvalue weighted by atomic mass is 10.1. The second kappa shape index (κ2) is 2.90. The number of aromatic nitrogens is 2. The molecule has 0 amide bonds. The maximum absolute atomic E-state index is 12.5. The molecular formula is C8H10F3N3.